The van der Waals surface area contributed by atoms with E-state index in [1.807, 2.05) is 67.6 Å². The largest absolute Gasteiger partial charge is 0.444 e. The molecule has 2 amide bonds. The smallest absolute Gasteiger partial charge is 0.411 e. The van der Waals surface area contributed by atoms with E-state index in [4.69, 9.17) is 4.74 Å². The highest BCUT2D eigenvalue weighted by Gasteiger charge is 2.42. The van der Waals surface area contributed by atoms with Crippen LogP contribution < -0.4 is 0 Å². The number of nitrogens with zero attached hydrogens (tertiary/aromatic N) is 2. The normalized spacial score (nSPS) is 21.1. The van der Waals surface area contributed by atoms with Crippen molar-refractivity contribution in [3.05, 3.63) is 71.8 Å². The van der Waals surface area contributed by atoms with Crippen LogP contribution in [0.2, 0.25) is 0 Å². The van der Waals surface area contributed by atoms with Crippen molar-refractivity contribution in [2.24, 2.45) is 0 Å². The molecule has 1 aliphatic heterocycles. The van der Waals surface area contributed by atoms with Crippen LogP contribution in [0, 0.1) is 0 Å². The highest BCUT2D eigenvalue weighted by atomic mass is 16.6. The Balaban J connectivity index is 1.72. The molecule has 3 atom stereocenters. The fourth-order valence-electron chi connectivity index (χ4n) is 3.16. The van der Waals surface area contributed by atoms with Gasteiger partial charge in [0.05, 0.1) is 12.1 Å². The maximum absolute atomic E-state index is 12.6. The zero-order valence-electron chi connectivity index (χ0n) is 15.5. The highest BCUT2D eigenvalue weighted by molar-refractivity contribution is 5.84. The molecular formula is C21H24N2O4. The third kappa shape index (κ3) is 4.11. The third-order valence-electron chi connectivity index (χ3n) is 4.98. The maximum atomic E-state index is 12.6. The second-order valence-electron chi connectivity index (χ2n) is 6.73. The van der Waals surface area contributed by atoms with Gasteiger partial charge >= 0.3 is 6.09 Å². The Labute approximate surface area is 159 Å². The van der Waals surface area contributed by atoms with E-state index >= 15 is 0 Å². The first-order valence-corrected chi connectivity index (χ1v) is 9.00. The van der Waals surface area contributed by atoms with Crippen molar-refractivity contribution in [1.29, 1.82) is 0 Å². The van der Waals surface area contributed by atoms with Gasteiger partial charge < -0.3 is 14.7 Å². The Morgan fingerprint density at radius 2 is 1.74 bits per heavy atom. The molecule has 0 bridgehead atoms. The predicted octanol–water partition coefficient (Wildman–Crippen LogP) is 2.94. The summed E-state index contributed by atoms with van der Waals surface area (Å²) in [6.45, 7) is 3.74. The van der Waals surface area contributed by atoms with Crippen LogP contribution in [0.1, 0.15) is 31.0 Å². The molecule has 1 heterocycles. The van der Waals surface area contributed by atoms with E-state index in [0.29, 0.717) is 0 Å². The quantitative estimate of drug-likeness (QED) is 0.901. The molecule has 1 saturated heterocycles. The molecule has 142 valence electrons. The molecule has 3 rings (SSSR count). The van der Waals surface area contributed by atoms with Crippen LogP contribution in [0.25, 0.3) is 0 Å². The third-order valence-corrected chi connectivity index (χ3v) is 4.98. The number of amides is 2. The molecule has 2 aromatic carbocycles. The molecule has 0 radical (unpaired) electrons. The number of benzene rings is 2. The van der Waals surface area contributed by atoms with E-state index in [9.17, 15) is 14.7 Å². The molecule has 0 aromatic heterocycles. The molecule has 0 aliphatic carbocycles. The van der Waals surface area contributed by atoms with Gasteiger partial charge in [-0.25, -0.2) is 4.79 Å². The first-order valence-electron chi connectivity index (χ1n) is 9.00. The maximum Gasteiger partial charge on any atom is 0.411 e. The van der Waals surface area contributed by atoms with Gasteiger partial charge in [0.25, 0.3) is 5.91 Å². The second kappa shape index (κ2) is 8.22. The number of rotatable bonds is 4. The van der Waals surface area contributed by atoms with Crippen LogP contribution in [0.15, 0.2) is 60.7 Å². The average Bonchev–Trinajstić information content (AvgIpc) is 2.71. The minimum atomic E-state index is -1.28. The van der Waals surface area contributed by atoms with E-state index in [1.54, 1.807) is 6.92 Å². The lowest BCUT2D eigenvalue weighted by Crippen LogP contribution is -2.62. The van der Waals surface area contributed by atoms with Crippen LogP contribution in [0.5, 0.6) is 0 Å². The summed E-state index contributed by atoms with van der Waals surface area (Å²) in [6, 6.07) is 18.0. The summed E-state index contributed by atoms with van der Waals surface area (Å²) in [4.78, 5) is 28.1. The summed E-state index contributed by atoms with van der Waals surface area (Å²) in [6.07, 6.45) is -1.84. The Kier molecular flexibility index (Phi) is 5.76. The Morgan fingerprint density at radius 3 is 2.37 bits per heavy atom. The van der Waals surface area contributed by atoms with Gasteiger partial charge in [-0.2, -0.15) is 0 Å². The minimum absolute atomic E-state index is 0.0702. The second-order valence-corrected chi connectivity index (χ2v) is 6.73. The van der Waals surface area contributed by atoms with E-state index in [0.717, 1.165) is 11.1 Å². The van der Waals surface area contributed by atoms with E-state index < -0.39 is 18.2 Å². The van der Waals surface area contributed by atoms with Crippen molar-refractivity contribution < 1.29 is 19.4 Å². The zero-order valence-corrected chi connectivity index (χ0v) is 15.5. The number of hydrogen-bond acceptors (Lipinski definition) is 4. The molecule has 1 aliphatic rings. The van der Waals surface area contributed by atoms with Gasteiger partial charge in [-0.1, -0.05) is 60.7 Å². The summed E-state index contributed by atoms with van der Waals surface area (Å²) in [5.74, 6) is -0.383. The molecule has 0 saturated carbocycles. The average molecular weight is 368 g/mol. The molecule has 0 unspecified atom stereocenters. The Hall–Kier alpha value is -2.86. The fourth-order valence-corrected chi connectivity index (χ4v) is 3.16. The lowest BCUT2D eigenvalue weighted by molar-refractivity contribution is -0.157. The number of hydrogen-bond donors (Lipinski definition) is 1. The number of ether oxygens (including phenoxy) is 1. The molecule has 0 spiro atoms. The summed E-state index contributed by atoms with van der Waals surface area (Å²) < 4.78 is 5.39. The monoisotopic (exact) mass is 368 g/mol. The molecular weight excluding hydrogens is 344 g/mol. The first-order chi connectivity index (χ1) is 13.0. The van der Waals surface area contributed by atoms with Crippen molar-refractivity contribution in [3.8, 4) is 0 Å². The molecule has 1 fully saturated rings. The summed E-state index contributed by atoms with van der Waals surface area (Å²) >= 11 is 0. The summed E-state index contributed by atoms with van der Waals surface area (Å²) in [5.41, 5.74) is 1.81. The fraction of sp³-hybridized carbons (Fsp3) is 0.333. The molecule has 2 aromatic rings. The first kappa shape index (κ1) is 18.9. The SMILES string of the molecule is C[C@H](c1ccccc1)N1CN(C(=O)OCc2ccccc2)[C@H](C)[C@H](O)C1=O. The summed E-state index contributed by atoms with van der Waals surface area (Å²) in [5, 5.41) is 10.4. The van der Waals surface area contributed by atoms with Gasteiger partial charge in [-0.3, -0.25) is 9.69 Å². The Bertz CT molecular complexity index is 781. The van der Waals surface area contributed by atoms with Gasteiger partial charge in [-0.05, 0) is 25.0 Å². The molecule has 6 nitrogen and oxygen atoms in total. The minimum Gasteiger partial charge on any atom is -0.444 e. The van der Waals surface area contributed by atoms with Gasteiger partial charge in [0, 0.05) is 0 Å². The van der Waals surface area contributed by atoms with Crippen molar-refractivity contribution >= 4 is 12.0 Å². The van der Waals surface area contributed by atoms with Crippen LogP contribution in [0.4, 0.5) is 4.79 Å². The predicted molar refractivity (Wildman–Crippen MR) is 101 cm³/mol. The molecule has 6 heteroatoms. The van der Waals surface area contributed by atoms with Crippen LogP contribution >= 0.6 is 0 Å². The van der Waals surface area contributed by atoms with Crippen LogP contribution in [0.3, 0.4) is 0 Å². The molecule has 1 N–H and O–H groups in total. The van der Waals surface area contributed by atoms with Crippen molar-refractivity contribution in [3.63, 3.8) is 0 Å². The van der Waals surface area contributed by atoms with Crippen LogP contribution in [-0.4, -0.2) is 45.7 Å². The number of aliphatic hydroxyl groups is 1. The highest BCUT2D eigenvalue weighted by Crippen LogP contribution is 2.26. The summed E-state index contributed by atoms with van der Waals surface area (Å²) in [7, 11) is 0. The zero-order chi connectivity index (χ0) is 19.4. The van der Waals surface area contributed by atoms with Gasteiger partial charge in [-0.15, -0.1) is 0 Å². The van der Waals surface area contributed by atoms with Crippen LogP contribution in [-0.2, 0) is 16.1 Å². The topological polar surface area (TPSA) is 70.1 Å². The van der Waals surface area contributed by atoms with Crippen molar-refractivity contribution in [2.45, 2.75) is 38.6 Å². The number of carbonyl (C=O) groups excluding carboxylic acids is 2. The van der Waals surface area contributed by atoms with Gasteiger partial charge in [0.15, 0.2) is 6.10 Å². The number of carbonyl (C=O) groups is 2. The van der Waals surface area contributed by atoms with Crippen molar-refractivity contribution in [2.75, 3.05) is 6.67 Å². The van der Waals surface area contributed by atoms with E-state index in [1.165, 1.54) is 9.80 Å². The lowest BCUT2D eigenvalue weighted by atomic mass is 10.0. The number of aliphatic hydroxyl groups excluding tert-OH is 1. The van der Waals surface area contributed by atoms with E-state index in [-0.39, 0.29) is 25.2 Å². The standard InChI is InChI=1S/C21H24N2O4/c1-15(18-11-7-4-8-12-18)22-14-23(16(2)19(24)20(22)25)21(26)27-13-17-9-5-3-6-10-17/h3-12,15-16,19,24H,13-14H2,1-2H3/t15-,16-,19+/m1/s1. The van der Waals surface area contributed by atoms with Crippen molar-refractivity contribution in [1.82, 2.24) is 9.80 Å². The lowest BCUT2D eigenvalue weighted by Gasteiger charge is -2.44. The van der Waals surface area contributed by atoms with Gasteiger partial charge in [0.2, 0.25) is 0 Å². The Morgan fingerprint density at radius 1 is 1.15 bits per heavy atom. The molecule has 27 heavy (non-hydrogen) atoms. The van der Waals surface area contributed by atoms with Gasteiger partial charge in [0.1, 0.15) is 13.3 Å². The van der Waals surface area contributed by atoms with E-state index in [2.05, 4.69) is 0 Å².